The zero-order chi connectivity index (χ0) is 19.4. The lowest BCUT2D eigenvalue weighted by molar-refractivity contribution is -0.125. The molecular formula is C24H14N2O2. The quantitative estimate of drug-likeness (QED) is 0.157. The van der Waals surface area contributed by atoms with E-state index in [0.717, 1.165) is 43.1 Å². The number of ketones is 1. The van der Waals surface area contributed by atoms with E-state index < -0.39 is 11.5 Å². The number of benzene rings is 5. The molecule has 0 saturated carbocycles. The van der Waals surface area contributed by atoms with Crippen LogP contribution in [0.5, 0.6) is 0 Å². The highest BCUT2D eigenvalue weighted by Crippen LogP contribution is 2.41. The van der Waals surface area contributed by atoms with Gasteiger partial charge in [0.25, 0.3) is 0 Å². The molecule has 5 aromatic carbocycles. The highest BCUT2D eigenvalue weighted by molar-refractivity contribution is 6.78. The van der Waals surface area contributed by atoms with E-state index in [2.05, 4.69) is 24.3 Å². The van der Waals surface area contributed by atoms with Gasteiger partial charge in [-0.2, -0.15) is 0 Å². The SMILES string of the molecule is N=C(C(=N)c1ccc2cccc3c4cccc5cccc(c1c23)c54)C(=O)C=O. The van der Waals surface area contributed by atoms with Crippen molar-refractivity contribution in [2.75, 3.05) is 0 Å². The van der Waals surface area contributed by atoms with Crippen LogP contribution in [0.15, 0.2) is 66.7 Å². The van der Waals surface area contributed by atoms with Crippen LogP contribution >= 0.6 is 0 Å². The Morgan fingerprint density at radius 3 is 1.89 bits per heavy atom. The van der Waals surface area contributed by atoms with E-state index in [1.54, 1.807) is 6.07 Å². The summed E-state index contributed by atoms with van der Waals surface area (Å²) in [5.41, 5.74) is -0.337. The minimum Gasteiger partial charge on any atom is -0.298 e. The summed E-state index contributed by atoms with van der Waals surface area (Å²) in [4.78, 5) is 22.6. The molecule has 0 amide bonds. The van der Waals surface area contributed by atoms with Crippen LogP contribution in [0, 0.1) is 10.8 Å². The summed E-state index contributed by atoms with van der Waals surface area (Å²) in [7, 11) is 0. The molecule has 0 fully saturated rings. The summed E-state index contributed by atoms with van der Waals surface area (Å²) >= 11 is 0. The molecule has 0 spiro atoms. The van der Waals surface area contributed by atoms with Crippen LogP contribution in [0.1, 0.15) is 5.56 Å². The summed E-state index contributed by atoms with van der Waals surface area (Å²) in [5, 5.41) is 24.7. The van der Waals surface area contributed by atoms with Crippen LogP contribution in [-0.4, -0.2) is 23.5 Å². The number of nitrogens with one attached hydrogen (secondary N) is 2. The van der Waals surface area contributed by atoms with E-state index in [1.165, 1.54) is 0 Å². The van der Waals surface area contributed by atoms with Crippen LogP contribution in [0.2, 0.25) is 0 Å². The van der Waals surface area contributed by atoms with Gasteiger partial charge in [-0.25, -0.2) is 0 Å². The molecule has 0 unspecified atom stereocenters. The third-order valence-corrected chi connectivity index (χ3v) is 5.38. The summed E-state index contributed by atoms with van der Waals surface area (Å²) in [5.74, 6) is -0.986. The predicted octanol–water partition coefficient (Wildman–Crippen LogP) is 4.89. The second-order valence-electron chi connectivity index (χ2n) is 6.83. The number of carbonyl (C=O) groups is 2. The lowest BCUT2D eigenvalue weighted by Gasteiger charge is -2.17. The van der Waals surface area contributed by atoms with Gasteiger partial charge in [0.05, 0.1) is 5.71 Å². The van der Waals surface area contributed by atoms with Crippen LogP contribution in [0.4, 0.5) is 0 Å². The smallest absolute Gasteiger partial charge is 0.245 e. The first-order valence-electron chi connectivity index (χ1n) is 8.87. The molecule has 0 saturated heterocycles. The van der Waals surface area contributed by atoms with Crippen LogP contribution in [-0.2, 0) is 9.59 Å². The lowest BCUT2D eigenvalue weighted by atomic mass is 9.86. The third kappa shape index (κ3) is 2.06. The molecule has 0 aliphatic carbocycles. The highest BCUT2D eigenvalue weighted by Gasteiger charge is 2.21. The Morgan fingerprint density at radius 1 is 0.679 bits per heavy atom. The van der Waals surface area contributed by atoms with Gasteiger partial charge in [0.2, 0.25) is 5.78 Å². The van der Waals surface area contributed by atoms with Crippen molar-refractivity contribution in [3.63, 3.8) is 0 Å². The molecule has 0 heterocycles. The van der Waals surface area contributed by atoms with Crippen molar-refractivity contribution in [1.82, 2.24) is 0 Å². The van der Waals surface area contributed by atoms with Crippen LogP contribution < -0.4 is 0 Å². The topological polar surface area (TPSA) is 81.8 Å². The fraction of sp³-hybridized carbons (Fsp3) is 0. The Bertz CT molecular complexity index is 1480. The molecule has 2 N–H and O–H groups in total. The van der Waals surface area contributed by atoms with E-state index >= 15 is 0 Å². The number of fused-ring (bicyclic) bond motifs is 2. The molecule has 0 bridgehead atoms. The molecule has 4 heteroatoms. The van der Waals surface area contributed by atoms with E-state index in [0.29, 0.717) is 5.56 Å². The molecule has 0 aromatic heterocycles. The number of rotatable bonds is 4. The zero-order valence-electron chi connectivity index (χ0n) is 14.7. The van der Waals surface area contributed by atoms with Crippen molar-refractivity contribution >= 4 is 66.6 Å². The van der Waals surface area contributed by atoms with Crippen LogP contribution in [0.25, 0.3) is 43.1 Å². The minimum absolute atomic E-state index is 0.0882. The first-order chi connectivity index (χ1) is 13.6. The molecule has 0 aliphatic rings. The van der Waals surface area contributed by atoms with Gasteiger partial charge in [0.15, 0.2) is 6.29 Å². The van der Waals surface area contributed by atoms with E-state index in [1.807, 2.05) is 36.4 Å². The average molecular weight is 362 g/mol. The Hall–Kier alpha value is -3.92. The van der Waals surface area contributed by atoms with Gasteiger partial charge < -0.3 is 0 Å². The molecule has 4 nitrogen and oxygen atoms in total. The van der Waals surface area contributed by atoms with E-state index in [4.69, 9.17) is 10.8 Å². The summed E-state index contributed by atoms with van der Waals surface area (Å²) in [6.45, 7) is 0. The Labute approximate surface area is 159 Å². The monoisotopic (exact) mass is 362 g/mol. The minimum atomic E-state index is -0.986. The Balaban J connectivity index is 2.03. The number of carbonyl (C=O) groups excluding carboxylic acids is 2. The summed E-state index contributed by atoms with van der Waals surface area (Å²) in [6, 6.07) is 22.0. The van der Waals surface area contributed by atoms with Gasteiger partial charge in [-0.3, -0.25) is 20.4 Å². The molecule has 132 valence electrons. The summed E-state index contributed by atoms with van der Waals surface area (Å²) < 4.78 is 0. The van der Waals surface area contributed by atoms with Gasteiger partial charge in [-0.1, -0.05) is 66.7 Å². The first kappa shape index (κ1) is 16.3. The van der Waals surface area contributed by atoms with Crippen molar-refractivity contribution < 1.29 is 9.59 Å². The fourth-order valence-corrected chi connectivity index (χ4v) is 4.18. The number of Topliss-reactive ketones (excluding diaryl/α,β-unsaturated/α-hetero) is 1. The fourth-order valence-electron chi connectivity index (χ4n) is 4.18. The van der Waals surface area contributed by atoms with Crippen molar-refractivity contribution in [1.29, 1.82) is 10.8 Å². The van der Waals surface area contributed by atoms with Gasteiger partial charge in [0.1, 0.15) is 5.71 Å². The normalized spacial score (nSPS) is 11.4. The Morgan fingerprint density at radius 2 is 1.25 bits per heavy atom. The molecule has 5 aromatic rings. The van der Waals surface area contributed by atoms with E-state index in [9.17, 15) is 9.59 Å². The summed E-state index contributed by atoms with van der Waals surface area (Å²) in [6.07, 6.45) is 0.0882. The van der Waals surface area contributed by atoms with Crippen molar-refractivity contribution in [3.8, 4) is 0 Å². The largest absolute Gasteiger partial charge is 0.298 e. The second kappa shape index (κ2) is 5.79. The molecule has 0 aliphatic heterocycles. The maximum atomic E-state index is 11.7. The van der Waals surface area contributed by atoms with Crippen molar-refractivity contribution in [3.05, 3.63) is 72.3 Å². The molecular weight excluding hydrogens is 348 g/mol. The highest BCUT2D eigenvalue weighted by atomic mass is 16.2. The Kier molecular flexibility index (Phi) is 3.36. The lowest BCUT2D eigenvalue weighted by Crippen LogP contribution is -2.24. The van der Waals surface area contributed by atoms with Gasteiger partial charge in [-0.05, 0) is 37.7 Å². The number of hydrogen-bond acceptors (Lipinski definition) is 4. The van der Waals surface area contributed by atoms with Gasteiger partial charge in [0, 0.05) is 10.9 Å². The second-order valence-corrected chi connectivity index (χ2v) is 6.83. The molecule has 5 rings (SSSR count). The number of aldehydes is 1. The predicted molar refractivity (Wildman–Crippen MR) is 113 cm³/mol. The molecule has 0 radical (unpaired) electrons. The number of hydrogen-bond donors (Lipinski definition) is 2. The average Bonchev–Trinajstić information content (AvgIpc) is 2.75. The van der Waals surface area contributed by atoms with Crippen LogP contribution in [0.3, 0.4) is 0 Å². The zero-order valence-corrected chi connectivity index (χ0v) is 14.7. The van der Waals surface area contributed by atoms with Gasteiger partial charge >= 0.3 is 0 Å². The first-order valence-corrected chi connectivity index (χ1v) is 8.87. The van der Waals surface area contributed by atoms with Crippen molar-refractivity contribution in [2.24, 2.45) is 0 Å². The maximum absolute atomic E-state index is 11.7. The van der Waals surface area contributed by atoms with Crippen molar-refractivity contribution in [2.45, 2.75) is 0 Å². The van der Waals surface area contributed by atoms with E-state index in [-0.39, 0.29) is 12.0 Å². The maximum Gasteiger partial charge on any atom is 0.245 e. The van der Waals surface area contributed by atoms with Gasteiger partial charge in [-0.15, -0.1) is 0 Å². The third-order valence-electron chi connectivity index (χ3n) is 5.38. The molecule has 0 atom stereocenters. The molecule has 28 heavy (non-hydrogen) atoms. The standard InChI is InChI=1S/C24H14N2O2/c25-23(24(26)19(28)12-27)18-11-10-14-6-2-8-16-15-7-1-4-13-5-3-9-17(20(13)15)22(18)21(14)16/h1-12,25-26H.